The number of ketones is 1. The summed E-state index contributed by atoms with van der Waals surface area (Å²) >= 11 is 1.45. The molecule has 0 radical (unpaired) electrons. The number of nitrogens with zero attached hydrogens (tertiary/aromatic N) is 1. The Morgan fingerprint density at radius 2 is 2.38 bits per heavy atom. The second kappa shape index (κ2) is 4.76. The summed E-state index contributed by atoms with van der Waals surface area (Å²) in [4.78, 5) is 26.2. The van der Waals surface area contributed by atoms with E-state index in [1.165, 1.54) is 11.3 Å². The van der Waals surface area contributed by atoms with Crippen molar-refractivity contribution in [3.05, 3.63) is 21.9 Å². The van der Waals surface area contributed by atoms with Crippen molar-refractivity contribution in [2.75, 3.05) is 19.8 Å². The molecule has 0 aliphatic carbocycles. The Balaban J connectivity index is 2.02. The molecule has 1 aromatic rings. The zero-order valence-electron chi connectivity index (χ0n) is 9.06. The molecule has 1 amide bonds. The van der Waals surface area contributed by atoms with Gasteiger partial charge in [0.15, 0.2) is 5.78 Å². The molecule has 1 aliphatic rings. The summed E-state index contributed by atoms with van der Waals surface area (Å²) in [5.74, 6) is 0.0913. The highest BCUT2D eigenvalue weighted by atomic mass is 32.1. The SMILES string of the molecule is CC(=O)c1ccc(CN2CCOCC2=O)s1. The Kier molecular flexibility index (Phi) is 3.36. The third-order valence-corrected chi connectivity index (χ3v) is 3.61. The van der Waals surface area contributed by atoms with Crippen LogP contribution in [0.15, 0.2) is 12.1 Å². The number of carbonyl (C=O) groups is 2. The minimum atomic E-state index is 0.0176. The minimum absolute atomic E-state index is 0.0176. The molecule has 0 atom stereocenters. The van der Waals surface area contributed by atoms with E-state index in [2.05, 4.69) is 0 Å². The van der Waals surface area contributed by atoms with E-state index in [4.69, 9.17) is 4.74 Å². The van der Waals surface area contributed by atoms with Gasteiger partial charge in [-0.1, -0.05) is 0 Å². The Bertz CT molecular complexity index is 413. The molecule has 1 aliphatic heterocycles. The van der Waals surface area contributed by atoms with Gasteiger partial charge in [-0.15, -0.1) is 11.3 Å². The molecule has 2 heterocycles. The van der Waals surface area contributed by atoms with Gasteiger partial charge in [-0.25, -0.2) is 0 Å². The van der Waals surface area contributed by atoms with Crippen LogP contribution in [0, 0.1) is 0 Å². The van der Waals surface area contributed by atoms with Gasteiger partial charge in [0, 0.05) is 11.4 Å². The number of thiophene rings is 1. The molecule has 0 aromatic carbocycles. The smallest absolute Gasteiger partial charge is 0.248 e. The highest BCUT2D eigenvalue weighted by Crippen LogP contribution is 2.19. The topological polar surface area (TPSA) is 46.6 Å². The van der Waals surface area contributed by atoms with E-state index in [-0.39, 0.29) is 18.3 Å². The average molecular weight is 239 g/mol. The molecular formula is C11H13NO3S. The standard InChI is InChI=1S/C11H13NO3S/c1-8(13)10-3-2-9(16-10)6-12-4-5-15-7-11(12)14/h2-3H,4-7H2,1H3. The number of amides is 1. The quantitative estimate of drug-likeness (QED) is 0.747. The van der Waals surface area contributed by atoms with Gasteiger partial charge in [-0.05, 0) is 19.1 Å². The molecule has 0 bridgehead atoms. The lowest BCUT2D eigenvalue weighted by Gasteiger charge is -2.26. The molecule has 2 rings (SSSR count). The van der Waals surface area contributed by atoms with E-state index >= 15 is 0 Å². The first-order valence-corrected chi connectivity index (χ1v) is 5.93. The molecule has 86 valence electrons. The van der Waals surface area contributed by atoms with Crippen molar-refractivity contribution >= 4 is 23.0 Å². The van der Waals surface area contributed by atoms with Crippen molar-refractivity contribution in [2.24, 2.45) is 0 Å². The van der Waals surface area contributed by atoms with Gasteiger partial charge in [-0.3, -0.25) is 9.59 Å². The van der Waals surface area contributed by atoms with Gasteiger partial charge in [0.2, 0.25) is 5.91 Å². The largest absolute Gasteiger partial charge is 0.370 e. The maximum Gasteiger partial charge on any atom is 0.248 e. The fraction of sp³-hybridized carbons (Fsp3) is 0.455. The van der Waals surface area contributed by atoms with E-state index in [0.717, 1.165) is 9.75 Å². The van der Waals surface area contributed by atoms with Crippen LogP contribution in [0.2, 0.25) is 0 Å². The zero-order chi connectivity index (χ0) is 11.5. The van der Waals surface area contributed by atoms with Crippen molar-refractivity contribution in [1.29, 1.82) is 0 Å². The van der Waals surface area contributed by atoms with Crippen molar-refractivity contribution in [3.8, 4) is 0 Å². The summed E-state index contributed by atoms with van der Waals surface area (Å²) in [6.07, 6.45) is 0. The second-order valence-electron chi connectivity index (χ2n) is 3.69. The van der Waals surface area contributed by atoms with E-state index in [1.54, 1.807) is 11.8 Å². The van der Waals surface area contributed by atoms with E-state index in [1.807, 2.05) is 12.1 Å². The minimum Gasteiger partial charge on any atom is -0.370 e. The van der Waals surface area contributed by atoms with Crippen LogP contribution in [0.25, 0.3) is 0 Å². The van der Waals surface area contributed by atoms with E-state index in [0.29, 0.717) is 19.7 Å². The van der Waals surface area contributed by atoms with Gasteiger partial charge in [0.25, 0.3) is 0 Å². The number of hydrogen-bond acceptors (Lipinski definition) is 4. The summed E-state index contributed by atoms with van der Waals surface area (Å²) in [5.41, 5.74) is 0. The van der Waals surface area contributed by atoms with Gasteiger partial charge in [0.05, 0.1) is 18.0 Å². The Labute approximate surface area is 97.8 Å². The van der Waals surface area contributed by atoms with Crippen LogP contribution < -0.4 is 0 Å². The first-order valence-electron chi connectivity index (χ1n) is 5.12. The molecule has 4 nitrogen and oxygen atoms in total. The molecule has 0 spiro atoms. The van der Waals surface area contributed by atoms with Crippen LogP contribution in [0.1, 0.15) is 21.5 Å². The highest BCUT2D eigenvalue weighted by Gasteiger charge is 2.19. The normalized spacial score (nSPS) is 16.6. The third-order valence-electron chi connectivity index (χ3n) is 2.44. The number of morpholine rings is 1. The lowest BCUT2D eigenvalue weighted by molar-refractivity contribution is -0.143. The van der Waals surface area contributed by atoms with Gasteiger partial charge < -0.3 is 9.64 Å². The first-order chi connectivity index (χ1) is 7.66. The molecule has 1 saturated heterocycles. The van der Waals surface area contributed by atoms with Crippen LogP contribution in [-0.4, -0.2) is 36.3 Å². The molecule has 1 fully saturated rings. The first kappa shape index (κ1) is 11.3. The second-order valence-corrected chi connectivity index (χ2v) is 4.86. The van der Waals surface area contributed by atoms with Crippen molar-refractivity contribution in [1.82, 2.24) is 4.90 Å². The molecule has 0 saturated carbocycles. The molecule has 0 N–H and O–H groups in total. The number of rotatable bonds is 3. The Morgan fingerprint density at radius 3 is 3.00 bits per heavy atom. The van der Waals surface area contributed by atoms with Crippen LogP contribution in [-0.2, 0) is 16.1 Å². The number of ether oxygens (including phenoxy) is 1. The summed E-state index contributed by atoms with van der Waals surface area (Å²) in [5, 5.41) is 0. The van der Waals surface area contributed by atoms with Crippen LogP contribution >= 0.6 is 11.3 Å². The fourth-order valence-electron chi connectivity index (χ4n) is 1.56. The average Bonchev–Trinajstić information content (AvgIpc) is 2.70. The number of carbonyl (C=O) groups excluding carboxylic acids is 2. The van der Waals surface area contributed by atoms with Gasteiger partial charge >= 0.3 is 0 Å². The molecule has 1 aromatic heterocycles. The van der Waals surface area contributed by atoms with Crippen molar-refractivity contribution in [2.45, 2.75) is 13.5 Å². The maximum atomic E-state index is 11.5. The maximum absolute atomic E-state index is 11.5. The van der Waals surface area contributed by atoms with Crippen LogP contribution in [0.5, 0.6) is 0 Å². The summed E-state index contributed by atoms with van der Waals surface area (Å²) in [6.45, 7) is 3.53. The lowest BCUT2D eigenvalue weighted by atomic mass is 10.3. The molecule has 16 heavy (non-hydrogen) atoms. The third kappa shape index (κ3) is 2.48. The lowest BCUT2D eigenvalue weighted by Crippen LogP contribution is -2.40. The summed E-state index contributed by atoms with van der Waals surface area (Å²) < 4.78 is 5.05. The number of hydrogen-bond donors (Lipinski definition) is 0. The van der Waals surface area contributed by atoms with Crippen LogP contribution in [0.4, 0.5) is 0 Å². The highest BCUT2D eigenvalue weighted by molar-refractivity contribution is 7.14. The molecule has 5 heteroatoms. The predicted molar refractivity (Wildman–Crippen MR) is 60.6 cm³/mol. The van der Waals surface area contributed by atoms with Crippen molar-refractivity contribution in [3.63, 3.8) is 0 Å². The molecule has 0 unspecified atom stereocenters. The van der Waals surface area contributed by atoms with E-state index < -0.39 is 0 Å². The monoisotopic (exact) mass is 239 g/mol. The number of Topliss-reactive ketones (excluding diaryl/α,β-unsaturated/α-hetero) is 1. The summed E-state index contributed by atoms with van der Waals surface area (Å²) in [7, 11) is 0. The fourth-order valence-corrected chi connectivity index (χ4v) is 2.48. The van der Waals surface area contributed by atoms with Crippen LogP contribution in [0.3, 0.4) is 0 Å². The van der Waals surface area contributed by atoms with Gasteiger partial charge in [0.1, 0.15) is 6.61 Å². The summed E-state index contributed by atoms with van der Waals surface area (Å²) in [6, 6.07) is 3.72. The van der Waals surface area contributed by atoms with Crippen molar-refractivity contribution < 1.29 is 14.3 Å². The Morgan fingerprint density at radius 1 is 1.56 bits per heavy atom. The zero-order valence-corrected chi connectivity index (χ0v) is 9.88. The Hall–Kier alpha value is -1.20. The predicted octanol–water partition coefficient (Wildman–Crippen LogP) is 1.31. The van der Waals surface area contributed by atoms with E-state index in [9.17, 15) is 9.59 Å². The molecular weight excluding hydrogens is 226 g/mol. The van der Waals surface area contributed by atoms with Gasteiger partial charge in [-0.2, -0.15) is 0 Å².